The van der Waals surface area contributed by atoms with Crippen molar-refractivity contribution in [2.45, 2.75) is 6.92 Å². The second kappa shape index (κ2) is 6.52. The highest BCUT2D eigenvalue weighted by Gasteiger charge is 2.06. The number of aromatic hydroxyl groups is 1. The number of hydrogen-bond acceptors (Lipinski definition) is 4. The van der Waals surface area contributed by atoms with Crippen LogP contribution in [0.25, 0.3) is 6.08 Å². The highest BCUT2D eigenvalue weighted by molar-refractivity contribution is 6.06. The summed E-state index contributed by atoms with van der Waals surface area (Å²) in [6, 6.07) is 8.55. The number of hydrogen-bond donors (Lipinski definition) is 1. The summed E-state index contributed by atoms with van der Waals surface area (Å²) in [5, 5.41) is 10.0. The zero-order valence-electron chi connectivity index (χ0n) is 11.1. The van der Waals surface area contributed by atoms with Gasteiger partial charge in [0.25, 0.3) is 0 Å². The number of para-hydroxylation sites is 1. The van der Waals surface area contributed by atoms with E-state index in [1.807, 2.05) is 6.92 Å². The normalized spacial score (nSPS) is 10.7. The first-order valence-corrected chi connectivity index (χ1v) is 6.29. The molecule has 1 heterocycles. The summed E-state index contributed by atoms with van der Waals surface area (Å²) in [6.07, 6.45) is 6.08. The summed E-state index contributed by atoms with van der Waals surface area (Å²) in [4.78, 5) is 15.8. The Morgan fingerprint density at radius 2 is 2.20 bits per heavy atom. The van der Waals surface area contributed by atoms with Crippen molar-refractivity contribution in [3.63, 3.8) is 0 Å². The lowest BCUT2D eigenvalue weighted by Crippen LogP contribution is -1.95. The maximum Gasteiger partial charge on any atom is 0.187 e. The smallest absolute Gasteiger partial charge is 0.187 e. The molecule has 4 heteroatoms. The van der Waals surface area contributed by atoms with Gasteiger partial charge in [-0.05, 0) is 37.3 Å². The number of aromatic nitrogens is 1. The summed E-state index contributed by atoms with van der Waals surface area (Å²) >= 11 is 0. The van der Waals surface area contributed by atoms with E-state index < -0.39 is 0 Å². The van der Waals surface area contributed by atoms with Crippen LogP contribution in [0.1, 0.15) is 22.8 Å². The maximum absolute atomic E-state index is 11.9. The van der Waals surface area contributed by atoms with Gasteiger partial charge in [0.15, 0.2) is 17.3 Å². The Labute approximate surface area is 117 Å². The van der Waals surface area contributed by atoms with Crippen molar-refractivity contribution in [2.24, 2.45) is 0 Å². The number of nitrogens with zero attached hydrogens (tertiary/aromatic N) is 1. The van der Waals surface area contributed by atoms with Crippen molar-refractivity contribution in [2.75, 3.05) is 6.61 Å². The third-order valence-electron chi connectivity index (χ3n) is 2.69. The van der Waals surface area contributed by atoms with E-state index in [1.165, 1.54) is 12.3 Å². The monoisotopic (exact) mass is 269 g/mol. The predicted molar refractivity (Wildman–Crippen MR) is 76.9 cm³/mol. The highest BCUT2D eigenvalue weighted by atomic mass is 16.5. The van der Waals surface area contributed by atoms with Gasteiger partial charge in [-0.2, -0.15) is 0 Å². The summed E-state index contributed by atoms with van der Waals surface area (Å²) in [7, 11) is 0. The number of benzene rings is 1. The van der Waals surface area contributed by atoms with E-state index >= 15 is 0 Å². The van der Waals surface area contributed by atoms with E-state index in [0.29, 0.717) is 23.5 Å². The number of rotatable bonds is 5. The van der Waals surface area contributed by atoms with Gasteiger partial charge in [0.1, 0.15) is 0 Å². The minimum Gasteiger partial charge on any atom is -0.504 e. The summed E-state index contributed by atoms with van der Waals surface area (Å²) in [6.45, 7) is 2.31. The number of ketones is 1. The molecule has 0 spiro atoms. The van der Waals surface area contributed by atoms with Crippen molar-refractivity contribution in [1.29, 1.82) is 0 Å². The molecule has 0 bridgehead atoms. The number of allylic oxidation sites excluding steroid dienone is 1. The topological polar surface area (TPSA) is 59.4 Å². The van der Waals surface area contributed by atoms with Crippen molar-refractivity contribution in [3.8, 4) is 11.5 Å². The van der Waals surface area contributed by atoms with Crippen molar-refractivity contribution < 1.29 is 14.6 Å². The lowest BCUT2D eigenvalue weighted by Gasteiger charge is -2.07. The fraction of sp³-hybridized carbons (Fsp3) is 0.125. The standard InChI is InChI=1S/C16H15NO3/c1-2-20-15-7-3-5-12(16(15)19)8-9-14(18)13-6-4-10-17-11-13/h3-11,19H,2H2,1H3/b9-8+. The molecular formula is C16H15NO3. The number of ether oxygens (including phenoxy) is 1. The molecule has 1 aromatic heterocycles. The van der Waals surface area contributed by atoms with Crippen molar-refractivity contribution in [1.82, 2.24) is 4.98 Å². The molecule has 0 fully saturated rings. The molecule has 102 valence electrons. The molecule has 4 nitrogen and oxygen atoms in total. The molecule has 0 aliphatic carbocycles. The van der Waals surface area contributed by atoms with Gasteiger partial charge in [0.2, 0.25) is 0 Å². The summed E-state index contributed by atoms with van der Waals surface area (Å²) in [5.74, 6) is 0.271. The average molecular weight is 269 g/mol. The van der Waals surface area contributed by atoms with Crippen LogP contribution in [-0.4, -0.2) is 22.5 Å². The fourth-order valence-corrected chi connectivity index (χ4v) is 1.72. The molecule has 0 unspecified atom stereocenters. The fourth-order valence-electron chi connectivity index (χ4n) is 1.72. The Hall–Kier alpha value is -2.62. The maximum atomic E-state index is 11.9. The summed E-state index contributed by atoms with van der Waals surface area (Å²) in [5.41, 5.74) is 1.04. The third kappa shape index (κ3) is 3.23. The molecule has 0 aliphatic heterocycles. The molecule has 0 radical (unpaired) electrons. The molecule has 2 aromatic rings. The number of carbonyl (C=O) groups is 1. The van der Waals surface area contributed by atoms with Crippen LogP contribution in [0, 0.1) is 0 Å². The highest BCUT2D eigenvalue weighted by Crippen LogP contribution is 2.30. The minimum absolute atomic E-state index is 0.0320. The van der Waals surface area contributed by atoms with Crippen molar-refractivity contribution in [3.05, 3.63) is 59.9 Å². The Balaban J connectivity index is 2.20. The van der Waals surface area contributed by atoms with Crippen LogP contribution < -0.4 is 4.74 Å². The van der Waals surface area contributed by atoms with Gasteiger partial charge in [0.05, 0.1) is 6.61 Å². The largest absolute Gasteiger partial charge is 0.504 e. The van der Waals surface area contributed by atoms with Crippen LogP contribution in [0.3, 0.4) is 0 Å². The van der Waals surface area contributed by atoms with Crippen molar-refractivity contribution >= 4 is 11.9 Å². The molecular weight excluding hydrogens is 254 g/mol. The van der Waals surface area contributed by atoms with Gasteiger partial charge >= 0.3 is 0 Å². The Morgan fingerprint density at radius 3 is 2.90 bits per heavy atom. The molecule has 0 aliphatic rings. The van der Waals surface area contributed by atoms with Crippen LogP contribution in [0.2, 0.25) is 0 Å². The molecule has 2 rings (SSSR count). The molecule has 1 aromatic carbocycles. The Bertz CT molecular complexity index is 621. The van der Waals surface area contributed by atoms with Crippen LogP contribution in [-0.2, 0) is 0 Å². The first-order chi connectivity index (χ1) is 9.72. The third-order valence-corrected chi connectivity index (χ3v) is 2.69. The summed E-state index contributed by atoms with van der Waals surface area (Å²) < 4.78 is 5.29. The van der Waals surface area contributed by atoms with Gasteiger partial charge in [0, 0.05) is 23.5 Å². The van der Waals surface area contributed by atoms with Gasteiger partial charge in [-0.15, -0.1) is 0 Å². The van der Waals surface area contributed by atoms with E-state index in [0.717, 1.165) is 0 Å². The second-order valence-corrected chi connectivity index (χ2v) is 4.07. The van der Waals surface area contributed by atoms with Crippen LogP contribution in [0.5, 0.6) is 11.5 Å². The number of phenolic OH excluding ortho intramolecular Hbond substituents is 1. The first-order valence-electron chi connectivity index (χ1n) is 6.29. The van der Waals surface area contributed by atoms with Crippen LogP contribution in [0.15, 0.2) is 48.8 Å². The van der Waals surface area contributed by atoms with E-state index in [-0.39, 0.29) is 11.5 Å². The number of carbonyl (C=O) groups excluding carboxylic acids is 1. The average Bonchev–Trinajstić information content (AvgIpc) is 2.49. The molecule has 0 saturated carbocycles. The van der Waals surface area contributed by atoms with E-state index in [9.17, 15) is 9.90 Å². The molecule has 0 amide bonds. The Morgan fingerprint density at radius 1 is 1.35 bits per heavy atom. The van der Waals surface area contributed by atoms with Gasteiger partial charge in [-0.25, -0.2) is 0 Å². The number of phenols is 1. The minimum atomic E-state index is -0.167. The Kier molecular flexibility index (Phi) is 4.50. The van der Waals surface area contributed by atoms with E-state index in [2.05, 4.69) is 4.98 Å². The van der Waals surface area contributed by atoms with Crippen LogP contribution >= 0.6 is 0 Å². The SMILES string of the molecule is CCOc1cccc(/C=C/C(=O)c2cccnc2)c1O. The number of pyridine rings is 1. The quantitative estimate of drug-likeness (QED) is 0.669. The van der Waals surface area contributed by atoms with Gasteiger partial charge < -0.3 is 9.84 Å². The molecule has 20 heavy (non-hydrogen) atoms. The second-order valence-electron chi connectivity index (χ2n) is 4.07. The predicted octanol–water partition coefficient (Wildman–Crippen LogP) is 3.08. The van der Waals surface area contributed by atoms with E-state index in [4.69, 9.17) is 4.74 Å². The first kappa shape index (κ1) is 13.8. The zero-order valence-corrected chi connectivity index (χ0v) is 11.1. The molecule has 0 atom stereocenters. The lowest BCUT2D eigenvalue weighted by atomic mass is 10.1. The van der Waals surface area contributed by atoms with Gasteiger partial charge in [-0.1, -0.05) is 12.1 Å². The lowest BCUT2D eigenvalue weighted by molar-refractivity contribution is 0.104. The van der Waals surface area contributed by atoms with Gasteiger partial charge in [-0.3, -0.25) is 9.78 Å². The van der Waals surface area contributed by atoms with Crippen LogP contribution in [0.4, 0.5) is 0 Å². The molecule has 0 saturated heterocycles. The molecule has 1 N–H and O–H groups in total. The zero-order chi connectivity index (χ0) is 14.4. The van der Waals surface area contributed by atoms with E-state index in [1.54, 1.807) is 42.6 Å².